The van der Waals surface area contributed by atoms with Crippen LogP contribution in [0.2, 0.25) is 0 Å². The Labute approximate surface area is 129 Å². The van der Waals surface area contributed by atoms with Crippen LogP contribution in [0.5, 0.6) is 5.75 Å². The molecule has 22 heavy (non-hydrogen) atoms. The fourth-order valence-corrected chi connectivity index (χ4v) is 2.38. The number of hydrogen-bond donors (Lipinski definition) is 1. The molecule has 2 aliphatic rings. The second kappa shape index (κ2) is 7.56. The van der Waals surface area contributed by atoms with Gasteiger partial charge in [0.15, 0.2) is 0 Å². The number of amides is 1. The zero-order chi connectivity index (χ0) is 15.9. The van der Waals surface area contributed by atoms with Crippen molar-refractivity contribution in [2.45, 2.75) is 26.7 Å². The molecule has 1 N–H and O–H groups in total. The average Bonchev–Trinajstić information content (AvgIpc) is 2.71. The first-order chi connectivity index (χ1) is 10.7. The lowest BCUT2D eigenvalue weighted by atomic mass is 10.0. The highest BCUT2D eigenvalue weighted by Crippen LogP contribution is 2.38. The third-order valence-electron chi connectivity index (χ3n) is 3.31. The van der Waals surface area contributed by atoms with Crippen LogP contribution in [0.15, 0.2) is 30.3 Å². The quantitative estimate of drug-likeness (QED) is 0.631. The molecule has 0 aromatic rings. The maximum Gasteiger partial charge on any atom is 0.298 e. The van der Waals surface area contributed by atoms with E-state index < -0.39 is 0 Å². The second-order valence-corrected chi connectivity index (χ2v) is 4.81. The Bertz CT molecular complexity index is 639. The smallest absolute Gasteiger partial charge is 0.298 e. The first kappa shape index (κ1) is 16.0. The van der Waals surface area contributed by atoms with Crippen LogP contribution in [0.3, 0.4) is 0 Å². The standard InChI is InChI=1S/C17H19NO4/c1-3-6-12-10-16(21-11-19)14-8-5-7-13(9-15(12)14)17(20)18-22-4-2/h5,7-11H,3-4,6H2,1-2H3,(H,18,20). The summed E-state index contributed by atoms with van der Waals surface area (Å²) in [4.78, 5) is 27.7. The molecule has 5 heteroatoms. The zero-order valence-electron chi connectivity index (χ0n) is 12.7. The summed E-state index contributed by atoms with van der Waals surface area (Å²) in [6.07, 6.45) is 1.80. The Morgan fingerprint density at radius 1 is 1.23 bits per heavy atom. The van der Waals surface area contributed by atoms with Crippen LogP contribution >= 0.6 is 0 Å². The van der Waals surface area contributed by atoms with Gasteiger partial charge in [-0.1, -0.05) is 25.5 Å². The van der Waals surface area contributed by atoms with Crippen LogP contribution < -0.4 is 10.2 Å². The van der Waals surface area contributed by atoms with Crippen molar-refractivity contribution in [2.75, 3.05) is 6.61 Å². The highest BCUT2D eigenvalue weighted by molar-refractivity contribution is 5.95. The van der Waals surface area contributed by atoms with Crippen LogP contribution in [0.25, 0.3) is 11.1 Å². The molecule has 116 valence electrons. The van der Waals surface area contributed by atoms with E-state index in [1.54, 1.807) is 25.1 Å². The molecule has 0 aromatic heterocycles. The highest BCUT2D eigenvalue weighted by Gasteiger charge is 2.17. The zero-order valence-corrected chi connectivity index (χ0v) is 12.7. The summed E-state index contributed by atoms with van der Waals surface area (Å²) in [5.41, 5.74) is 5.64. The Morgan fingerprint density at radius 2 is 2.05 bits per heavy atom. The third-order valence-corrected chi connectivity index (χ3v) is 3.31. The highest BCUT2D eigenvalue weighted by atomic mass is 16.6. The summed E-state index contributed by atoms with van der Waals surface area (Å²) in [5, 5.41) is 0. The van der Waals surface area contributed by atoms with Gasteiger partial charge < -0.3 is 4.74 Å². The van der Waals surface area contributed by atoms with Gasteiger partial charge in [0.25, 0.3) is 12.4 Å². The second-order valence-electron chi connectivity index (χ2n) is 4.81. The topological polar surface area (TPSA) is 64.6 Å². The number of carbonyl (C=O) groups excluding carboxylic acids is 2. The lowest BCUT2D eigenvalue weighted by Crippen LogP contribution is -2.23. The largest absolute Gasteiger partial charge is 0.428 e. The monoisotopic (exact) mass is 301 g/mol. The van der Waals surface area contributed by atoms with Gasteiger partial charge in [0.1, 0.15) is 5.75 Å². The van der Waals surface area contributed by atoms with E-state index in [-0.39, 0.29) is 5.91 Å². The molecule has 0 bridgehead atoms. The van der Waals surface area contributed by atoms with Crippen molar-refractivity contribution >= 4 is 12.4 Å². The maximum absolute atomic E-state index is 12.1. The molecule has 0 aromatic carbocycles. The van der Waals surface area contributed by atoms with Gasteiger partial charge in [0.2, 0.25) is 0 Å². The summed E-state index contributed by atoms with van der Waals surface area (Å²) >= 11 is 0. The van der Waals surface area contributed by atoms with E-state index in [0.29, 0.717) is 24.4 Å². The van der Waals surface area contributed by atoms with E-state index in [1.165, 1.54) is 0 Å². The molecule has 0 aliphatic heterocycles. The Balaban J connectivity index is 2.45. The normalized spacial score (nSPS) is 10.5. The number of hydroxylamine groups is 1. The predicted octanol–water partition coefficient (Wildman–Crippen LogP) is 2.96. The Kier molecular flexibility index (Phi) is 5.49. The van der Waals surface area contributed by atoms with Gasteiger partial charge >= 0.3 is 0 Å². The fraction of sp³-hybridized carbons (Fsp3) is 0.294. The van der Waals surface area contributed by atoms with Crippen molar-refractivity contribution in [1.82, 2.24) is 5.48 Å². The SMILES string of the molecule is CCCc1cc(OC=O)c2cccc(C(=O)NOCC)cc1-2. The molecular formula is C17H19NO4. The van der Waals surface area contributed by atoms with Crippen LogP contribution in [0.1, 0.15) is 36.2 Å². The number of nitrogens with one attached hydrogen (secondary N) is 1. The number of rotatable bonds is 7. The maximum atomic E-state index is 12.1. The number of carbonyl (C=O) groups is 2. The minimum Gasteiger partial charge on any atom is -0.428 e. The molecule has 0 atom stereocenters. The first-order valence-corrected chi connectivity index (χ1v) is 7.29. The predicted molar refractivity (Wildman–Crippen MR) is 82.8 cm³/mol. The van der Waals surface area contributed by atoms with Crippen molar-refractivity contribution in [2.24, 2.45) is 0 Å². The van der Waals surface area contributed by atoms with Crippen molar-refractivity contribution in [3.8, 4) is 16.9 Å². The number of hydrogen-bond acceptors (Lipinski definition) is 4. The number of ether oxygens (including phenoxy) is 1. The van der Waals surface area contributed by atoms with E-state index in [4.69, 9.17) is 9.57 Å². The molecular weight excluding hydrogens is 282 g/mol. The van der Waals surface area contributed by atoms with Gasteiger partial charge in [-0.25, -0.2) is 5.48 Å². The van der Waals surface area contributed by atoms with Crippen LogP contribution in [0.4, 0.5) is 0 Å². The average molecular weight is 301 g/mol. The van der Waals surface area contributed by atoms with Crippen LogP contribution in [0, 0.1) is 0 Å². The van der Waals surface area contributed by atoms with Gasteiger partial charge in [0.05, 0.1) is 6.61 Å². The van der Waals surface area contributed by atoms with Gasteiger partial charge in [-0.15, -0.1) is 0 Å². The first-order valence-electron chi connectivity index (χ1n) is 7.29. The fourth-order valence-electron chi connectivity index (χ4n) is 2.38. The minimum atomic E-state index is -0.305. The third kappa shape index (κ3) is 3.43. The lowest BCUT2D eigenvalue weighted by molar-refractivity contribution is -0.120. The molecule has 2 rings (SSSR count). The molecule has 5 nitrogen and oxygen atoms in total. The van der Waals surface area contributed by atoms with Gasteiger partial charge in [0, 0.05) is 11.1 Å². The van der Waals surface area contributed by atoms with Gasteiger partial charge in [-0.3, -0.25) is 14.4 Å². The molecule has 0 saturated carbocycles. The van der Waals surface area contributed by atoms with Crippen molar-refractivity contribution < 1.29 is 19.2 Å². The molecule has 0 fully saturated rings. The number of aryl methyl sites for hydroxylation is 1. The Morgan fingerprint density at radius 3 is 2.73 bits per heavy atom. The van der Waals surface area contributed by atoms with E-state index in [0.717, 1.165) is 29.5 Å². The van der Waals surface area contributed by atoms with E-state index in [9.17, 15) is 9.59 Å². The van der Waals surface area contributed by atoms with E-state index >= 15 is 0 Å². The molecule has 0 radical (unpaired) electrons. The van der Waals surface area contributed by atoms with Crippen LogP contribution in [-0.4, -0.2) is 19.0 Å². The summed E-state index contributed by atoms with van der Waals surface area (Å²) in [7, 11) is 0. The molecule has 0 heterocycles. The molecule has 1 amide bonds. The lowest BCUT2D eigenvalue weighted by Gasteiger charge is -2.04. The van der Waals surface area contributed by atoms with Crippen molar-refractivity contribution in [3.05, 3.63) is 41.5 Å². The molecule has 0 spiro atoms. The van der Waals surface area contributed by atoms with E-state index in [1.807, 2.05) is 12.1 Å². The van der Waals surface area contributed by atoms with Crippen LogP contribution in [-0.2, 0) is 16.1 Å². The summed E-state index contributed by atoms with van der Waals surface area (Å²) < 4.78 is 5.05. The van der Waals surface area contributed by atoms with Crippen molar-refractivity contribution in [1.29, 1.82) is 0 Å². The van der Waals surface area contributed by atoms with Crippen molar-refractivity contribution in [3.63, 3.8) is 0 Å². The Hall–Kier alpha value is -2.40. The van der Waals surface area contributed by atoms with E-state index in [2.05, 4.69) is 12.4 Å². The molecule has 2 aliphatic carbocycles. The van der Waals surface area contributed by atoms with Gasteiger partial charge in [-0.2, -0.15) is 0 Å². The molecule has 0 saturated heterocycles. The number of fused-ring (bicyclic) bond motifs is 1. The summed E-state index contributed by atoms with van der Waals surface area (Å²) in [6.45, 7) is 4.68. The summed E-state index contributed by atoms with van der Waals surface area (Å²) in [6, 6.07) is 8.95. The minimum absolute atomic E-state index is 0.305. The molecule has 0 unspecified atom stereocenters. The van der Waals surface area contributed by atoms with Gasteiger partial charge in [-0.05, 0) is 42.7 Å². The summed E-state index contributed by atoms with van der Waals surface area (Å²) in [5.74, 6) is 0.210.